The van der Waals surface area contributed by atoms with E-state index >= 15 is 0 Å². The number of halogens is 1. The molecule has 98 valence electrons. The van der Waals surface area contributed by atoms with E-state index in [9.17, 15) is 0 Å². The topological polar surface area (TPSA) is 9.23 Å². The third kappa shape index (κ3) is 2.45. The van der Waals surface area contributed by atoms with Gasteiger partial charge in [0.2, 0.25) is 0 Å². The fourth-order valence-corrected chi connectivity index (χ4v) is 4.19. The summed E-state index contributed by atoms with van der Waals surface area (Å²) in [5, 5.41) is 0. The van der Waals surface area contributed by atoms with Crippen LogP contribution in [-0.2, 0) is 0 Å². The van der Waals surface area contributed by atoms with Crippen molar-refractivity contribution >= 4 is 15.9 Å². The minimum Gasteiger partial charge on any atom is -0.493 e. The van der Waals surface area contributed by atoms with Gasteiger partial charge in [-0.25, -0.2) is 0 Å². The molecular formula is C16H21BrO. The zero-order valence-electron chi connectivity index (χ0n) is 10.9. The molecule has 2 heteroatoms. The van der Waals surface area contributed by atoms with E-state index in [0.29, 0.717) is 10.7 Å². The maximum atomic E-state index is 5.80. The Morgan fingerprint density at radius 1 is 1.28 bits per heavy atom. The summed E-state index contributed by atoms with van der Waals surface area (Å²) >= 11 is 3.89. The molecule has 0 amide bonds. The average Bonchev–Trinajstić information content (AvgIpc) is 2.78. The molecule has 1 aliphatic heterocycles. The van der Waals surface area contributed by atoms with Crippen LogP contribution in [0.25, 0.3) is 0 Å². The lowest BCUT2D eigenvalue weighted by atomic mass is 9.77. The highest BCUT2D eigenvalue weighted by atomic mass is 79.9. The summed E-state index contributed by atoms with van der Waals surface area (Å²) in [6.07, 6.45) is 5.36. The van der Waals surface area contributed by atoms with Gasteiger partial charge in [0.05, 0.1) is 6.61 Å². The van der Waals surface area contributed by atoms with Crippen molar-refractivity contribution in [3.63, 3.8) is 0 Å². The van der Waals surface area contributed by atoms with Crippen molar-refractivity contribution in [1.29, 1.82) is 0 Å². The second-order valence-electron chi connectivity index (χ2n) is 5.98. The Labute approximate surface area is 118 Å². The first-order valence-corrected chi connectivity index (χ1v) is 8.01. The van der Waals surface area contributed by atoms with E-state index in [0.717, 1.165) is 24.2 Å². The number of fused-ring (bicyclic) bond motifs is 1. The minimum absolute atomic E-state index is 0.608. The van der Waals surface area contributed by atoms with Gasteiger partial charge in [0.1, 0.15) is 5.75 Å². The average molecular weight is 309 g/mol. The second-order valence-corrected chi connectivity index (χ2v) is 7.15. The van der Waals surface area contributed by atoms with Gasteiger partial charge in [0.15, 0.2) is 0 Å². The summed E-state index contributed by atoms with van der Waals surface area (Å²) in [7, 11) is 0. The standard InChI is InChI=1S/C16H21BrO/c1-11-6-7-15(17)12(8-11)9-13-10-18-16-5-3-2-4-14(13)16/h2-5,11-13,15H,6-10H2,1H3. The van der Waals surface area contributed by atoms with Crippen LogP contribution in [0.3, 0.4) is 0 Å². The van der Waals surface area contributed by atoms with Crippen LogP contribution < -0.4 is 4.74 Å². The number of hydrogen-bond donors (Lipinski definition) is 0. The molecule has 0 N–H and O–H groups in total. The lowest BCUT2D eigenvalue weighted by Gasteiger charge is -2.33. The molecule has 1 aromatic carbocycles. The fraction of sp³-hybridized carbons (Fsp3) is 0.625. The number of alkyl halides is 1. The molecule has 1 nitrogen and oxygen atoms in total. The Morgan fingerprint density at radius 2 is 2.11 bits per heavy atom. The van der Waals surface area contributed by atoms with E-state index in [4.69, 9.17) is 4.74 Å². The predicted molar refractivity (Wildman–Crippen MR) is 78.5 cm³/mol. The van der Waals surface area contributed by atoms with Crippen molar-refractivity contribution in [3.8, 4) is 5.75 Å². The van der Waals surface area contributed by atoms with Crippen LogP contribution in [0.4, 0.5) is 0 Å². The molecule has 0 radical (unpaired) electrons. The van der Waals surface area contributed by atoms with Crippen molar-refractivity contribution in [1.82, 2.24) is 0 Å². The highest BCUT2D eigenvalue weighted by molar-refractivity contribution is 9.09. The highest BCUT2D eigenvalue weighted by Gasteiger charge is 2.32. The van der Waals surface area contributed by atoms with E-state index < -0.39 is 0 Å². The SMILES string of the molecule is CC1CCC(Br)C(CC2COc3ccccc32)C1. The number of ether oxygens (including phenoxy) is 1. The first-order chi connectivity index (χ1) is 8.74. The molecule has 0 bridgehead atoms. The highest BCUT2D eigenvalue weighted by Crippen LogP contribution is 2.43. The summed E-state index contributed by atoms with van der Waals surface area (Å²) in [6.45, 7) is 3.27. The van der Waals surface area contributed by atoms with Gasteiger partial charge in [0.25, 0.3) is 0 Å². The zero-order chi connectivity index (χ0) is 12.5. The smallest absolute Gasteiger partial charge is 0.122 e. The van der Waals surface area contributed by atoms with E-state index in [1.807, 2.05) is 0 Å². The Hall–Kier alpha value is -0.500. The van der Waals surface area contributed by atoms with Crippen molar-refractivity contribution in [2.24, 2.45) is 11.8 Å². The van der Waals surface area contributed by atoms with Crippen LogP contribution in [0.2, 0.25) is 0 Å². The zero-order valence-corrected chi connectivity index (χ0v) is 12.5. The van der Waals surface area contributed by atoms with Crippen LogP contribution in [0, 0.1) is 11.8 Å². The molecule has 4 atom stereocenters. The summed E-state index contributed by atoms with van der Waals surface area (Å²) in [5.41, 5.74) is 1.43. The maximum Gasteiger partial charge on any atom is 0.122 e. The van der Waals surface area contributed by atoms with Crippen LogP contribution in [0.5, 0.6) is 5.75 Å². The van der Waals surface area contributed by atoms with Gasteiger partial charge in [-0.3, -0.25) is 0 Å². The van der Waals surface area contributed by atoms with Crippen LogP contribution in [0.1, 0.15) is 44.1 Å². The van der Waals surface area contributed by atoms with Gasteiger partial charge in [-0.2, -0.15) is 0 Å². The molecule has 4 unspecified atom stereocenters. The molecule has 0 aromatic heterocycles. The summed E-state index contributed by atoms with van der Waals surface area (Å²) in [4.78, 5) is 0.710. The van der Waals surface area contributed by atoms with E-state index in [1.54, 1.807) is 0 Å². The molecule has 1 saturated carbocycles. The lowest BCUT2D eigenvalue weighted by Crippen LogP contribution is -2.25. The predicted octanol–water partition coefficient (Wildman–Crippen LogP) is 4.75. The van der Waals surface area contributed by atoms with Crippen LogP contribution in [0.15, 0.2) is 24.3 Å². The summed E-state index contributed by atoms with van der Waals surface area (Å²) in [6, 6.07) is 8.54. The molecule has 1 aromatic rings. The van der Waals surface area contributed by atoms with Crippen molar-refractivity contribution in [2.75, 3.05) is 6.61 Å². The van der Waals surface area contributed by atoms with Crippen molar-refractivity contribution < 1.29 is 4.74 Å². The molecule has 1 aliphatic carbocycles. The van der Waals surface area contributed by atoms with Gasteiger partial charge < -0.3 is 4.74 Å². The molecule has 0 saturated heterocycles. The van der Waals surface area contributed by atoms with Crippen molar-refractivity contribution in [2.45, 2.75) is 43.4 Å². The third-order valence-corrected chi connectivity index (χ3v) is 5.74. The van der Waals surface area contributed by atoms with Crippen LogP contribution in [-0.4, -0.2) is 11.4 Å². The minimum atomic E-state index is 0.608. The molecule has 0 spiro atoms. The summed E-state index contributed by atoms with van der Waals surface area (Å²) in [5.74, 6) is 3.42. The lowest BCUT2D eigenvalue weighted by molar-refractivity contribution is 0.248. The number of benzene rings is 1. The molecule has 2 aliphatic rings. The summed E-state index contributed by atoms with van der Waals surface area (Å²) < 4.78 is 5.80. The van der Waals surface area contributed by atoms with E-state index in [1.165, 1.54) is 31.2 Å². The van der Waals surface area contributed by atoms with Crippen LogP contribution >= 0.6 is 15.9 Å². The van der Waals surface area contributed by atoms with E-state index in [2.05, 4.69) is 47.1 Å². The van der Waals surface area contributed by atoms with Gasteiger partial charge in [-0.1, -0.05) is 41.1 Å². The van der Waals surface area contributed by atoms with E-state index in [-0.39, 0.29) is 0 Å². The normalized spacial score (nSPS) is 35.0. The number of para-hydroxylation sites is 1. The third-order valence-electron chi connectivity index (χ3n) is 4.54. The molecular weight excluding hydrogens is 288 g/mol. The number of hydrogen-bond acceptors (Lipinski definition) is 1. The van der Waals surface area contributed by atoms with Crippen molar-refractivity contribution in [3.05, 3.63) is 29.8 Å². The maximum absolute atomic E-state index is 5.80. The molecule has 18 heavy (non-hydrogen) atoms. The molecule has 1 fully saturated rings. The fourth-order valence-electron chi connectivity index (χ4n) is 3.50. The van der Waals surface area contributed by atoms with Gasteiger partial charge in [-0.05, 0) is 43.6 Å². The van der Waals surface area contributed by atoms with Gasteiger partial charge >= 0.3 is 0 Å². The second kappa shape index (κ2) is 5.24. The first kappa shape index (κ1) is 12.5. The monoisotopic (exact) mass is 308 g/mol. The Bertz CT molecular complexity index is 417. The van der Waals surface area contributed by atoms with Gasteiger partial charge in [-0.15, -0.1) is 0 Å². The molecule has 3 rings (SSSR count). The number of rotatable bonds is 2. The Balaban J connectivity index is 1.70. The van der Waals surface area contributed by atoms with Gasteiger partial charge in [0, 0.05) is 16.3 Å². The largest absolute Gasteiger partial charge is 0.493 e. The quantitative estimate of drug-likeness (QED) is 0.716. The Kier molecular flexibility index (Phi) is 3.65. The Morgan fingerprint density at radius 3 is 3.00 bits per heavy atom. The first-order valence-electron chi connectivity index (χ1n) is 7.10. The molecule has 1 heterocycles.